The van der Waals surface area contributed by atoms with Crippen molar-refractivity contribution in [3.63, 3.8) is 0 Å². The number of phenolic OH excluding ortho intramolecular Hbond substituents is 1. The maximum Gasteiger partial charge on any atom is 0.137 e. The second-order valence-corrected chi connectivity index (χ2v) is 21.7. The van der Waals surface area contributed by atoms with Crippen molar-refractivity contribution in [1.29, 1.82) is 0 Å². The highest BCUT2D eigenvalue weighted by atomic mass is 16.3. The van der Waals surface area contributed by atoms with Gasteiger partial charge in [-0.15, -0.1) is 0 Å². The normalized spacial score (nSPS) is 19.5. The van der Waals surface area contributed by atoms with Gasteiger partial charge in [-0.25, -0.2) is 0 Å². The van der Waals surface area contributed by atoms with Crippen LogP contribution in [-0.2, 0) is 31.0 Å². The summed E-state index contributed by atoms with van der Waals surface area (Å²) in [5.41, 5.74) is 3.88. The Kier molecular flexibility index (Phi) is 37.9. The number of phenols is 1. The van der Waals surface area contributed by atoms with E-state index in [2.05, 4.69) is 71.7 Å². The molecule has 1 aliphatic heterocycles. The molecule has 3 fully saturated rings. The Hall–Kier alpha value is -4.16. The summed E-state index contributed by atoms with van der Waals surface area (Å²) in [6.07, 6.45) is 27.0. The van der Waals surface area contributed by atoms with Gasteiger partial charge in [-0.3, -0.25) is 19.2 Å². The van der Waals surface area contributed by atoms with E-state index >= 15 is 0 Å². The number of nitrogens with zero attached hydrogens (tertiary/aromatic N) is 1. The monoisotopic (exact) mass is 1010 g/mol. The summed E-state index contributed by atoms with van der Waals surface area (Å²) < 4.78 is 0. The van der Waals surface area contributed by atoms with E-state index in [1.807, 2.05) is 86.7 Å². The molecule has 3 aromatic carbocycles. The van der Waals surface area contributed by atoms with Crippen LogP contribution in [-0.4, -0.2) is 53.3 Å². The first-order valence-corrected chi connectivity index (χ1v) is 28.6. The van der Waals surface area contributed by atoms with Crippen LogP contribution >= 0.6 is 0 Å². The van der Waals surface area contributed by atoms with Crippen LogP contribution < -0.4 is 0 Å². The van der Waals surface area contributed by atoms with E-state index in [0.717, 1.165) is 82.4 Å². The van der Waals surface area contributed by atoms with Crippen molar-refractivity contribution in [1.82, 2.24) is 4.90 Å². The number of benzene rings is 3. The van der Waals surface area contributed by atoms with Crippen LogP contribution in [0.2, 0.25) is 0 Å². The largest absolute Gasteiger partial charge is 0.508 e. The Morgan fingerprint density at radius 1 is 0.671 bits per heavy atom. The lowest BCUT2D eigenvalue weighted by Crippen LogP contribution is -2.45. The van der Waals surface area contributed by atoms with Gasteiger partial charge in [0.2, 0.25) is 0 Å². The van der Waals surface area contributed by atoms with E-state index in [4.69, 9.17) is 0 Å². The molecule has 0 bridgehead atoms. The summed E-state index contributed by atoms with van der Waals surface area (Å²) in [5, 5.41) is 9.59. The predicted octanol–water partition coefficient (Wildman–Crippen LogP) is 18.0. The van der Waals surface area contributed by atoms with Crippen LogP contribution in [0, 0.1) is 35.5 Å². The van der Waals surface area contributed by atoms with Crippen molar-refractivity contribution >= 4 is 23.1 Å². The van der Waals surface area contributed by atoms with Crippen molar-refractivity contribution in [2.45, 2.75) is 224 Å². The molecule has 3 aliphatic rings. The zero-order chi connectivity index (χ0) is 53.9. The Labute approximate surface area is 449 Å². The minimum Gasteiger partial charge on any atom is -0.508 e. The number of likely N-dealkylation sites (tertiary alicyclic amines) is 1. The second kappa shape index (κ2) is 40.2. The molecule has 6 unspecified atom stereocenters. The first-order chi connectivity index (χ1) is 34.4. The molecular formula is C67H109NO5. The van der Waals surface area contributed by atoms with E-state index in [9.17, 15) is 24.3 Å². The zero-order valence-electron chi connectivity index (χ0n) is 48.2. The maximum atomic E-state index is 11.4. The topological polar surface area (TPSA) is 91.8 Å². The fraction of sp³-hybridized carbons (Fsp3) is 0.642. The second-order valence-electron chi connectivity index (χ2n) is 21.7. The van der Waals surface area contributed by atoms with Gasteiger partial charge in [-0.2, -0.15) is 0 Å². The van der Waals surface area contributed by atoms with Gasteiger partial charge in [0, 0.05) is 30.2 Å². The molecule has 2 saturated carbocycles. The van der Waals surface area contributed by atoms with Crippen LogP contribution in [0.3, 0.4) is 0 Å². The minimum atomic E-state index is 0. The predicted molar refractivity (Wildman–Crippen MR) is 315 cm³/mol. The molecule has 1 saturated heterocycles. The molecule has 3 aromatic rings. The number of carbonyl (C=O) groups excluding carboxylic acids is 4. The van der Waals surface area contributed by atoms with Gasteiger partial charge >= 0.3 is 0 Å². The number of Topliss-reactive ketones (excluding diaryl/α,β-unsaturated/α-hetero) is 4. The van der Waals surface area contributed by atoms with Crippen LogP contribution in [0.25, 0.3) is 0 Å². The van der Waals surface area contributed by atoms with E-state index in [1.165, 1.54) is 75.3 Å². The summed E-state index contributed by atoms with van der Waals surface area (Å²) >= 11 is 0. The molecule has 412 valence electrons. The molecule has 6 heteroatoms. The Balaban J connectivity index is 0.000000870. The van der Waals surface area contributed by atoms with Gasteiger partial charge in [0.15, 0.2) is 0 Å². The smallest absolute Gasteiger partial charge is 0.137 e. The highest BCUT2D eigenvalue weighted by Gasteiger charge is 2.37. The van der Waals surface area contributed by atoms with Crippen molar-refractivity contribution < 1.29 is 24.3 Å². The third-order valence-electron chi connectivity index (χ3n) is 15.9. The average Bonchev–Trinajstić information content (AvgIpc) is 3.38. The maximum absolute atomic E-state index is 11.4. The third kappa shape index (κ3) is 27.8. The summed E-state index contributed by atoms with van der Waals surface area (Å²) in [5.74, 6) is 4.98. The quantitative estimate of drug-likeness (QED) is 0.135. The first kappa shape index (κ1) is 68.8. The zero-order valence-corrected chi connectivity index (χ0v) is 48.2. The molecule has 6 nitrogen and oxygen atoms in total. The standard InChI is InChI=1S/C14H21NO.C12H22O.C12H16O.C12H22O.C12H16O.C4H8.CH4/c1-11-10-15(3)8-7-14(11,2)12-5-4-6-13(16)9-12;2*1-3-12(10(2)13)9-11-7-5-4-6-8-11;2*1-3-7-12(10(2)13)11-8-5-4-6-9-11;1-3-4-2;/h4-6,9,11,16H,7-8,10H2,1-3H3;11-12H,3-9H2,1-2H3;4-8,12H,3,9H2,1-2H3;11-12H,3-9H2,1-2H3;4-6,8-9,12H,3,7H2,1-2H3;3-4H,1-2H3;1H4. The minimum absolute atomic E-state index is 0. The number of ketones is 4. The molecule has 73 heavy (non-hydrogen) atoms. The van der Waals surface area contributed by atoms with Gasteiger partial charge in [0.1, 0.15) is 28.9 Å². The number of hydrogen-bond donors (Lipinski definition) is 1. The number of rotatable bonds is 17. The van der Waals surface area contributed by atoms with Gasteiger partial charge in [-0.1, -0.05) is 198 Å². The van der Waals surface area contributed by atoms with Gasteiger partial charge < -0.3 is 10.0 Å². The Morgan fingerprint density at radius 3 is 1.63 bits per heavy atom. The van der Waals surface area contributed by atoms with E-state index in [1.54, 1.807) is 33.8 Å². The molecule has 0 aromatic heterocycles. The van der Waals surface area contributed by atoms with Crippen molar-refractivity contribution in [3.8, 4) is 5.75 Å². The van der Waals surface area contributed by atoms with Crippen molar-refractivity contribution in [3.05, 3.63) is 114 Å². The molecule has 0 amide bonds. The van der Waals surface area contributed by atoms with Gasteiger partial charge in [0.25, 0.3) is 0 Å². The highest BCUT2D eigenvalue weighted by molar-refractivity contribution is 5.83. The number of carbonyl (C=O) groups is 4. The lowest BCUT2D eigenvalue weighted by molar-refractivity contribution is -0.123. The molecule has 2 aliphatic carbocycles. The lowest BCUT2D eigenvalue weighted by atomic mass is 9.68. The molecule has 0 radical (unpaired) electrons. The summed E-state index contributed by atoms with van der Waals surface area (Å²) in [4.78, 5) is 47.6. The van der Waals surface area contributed by atoms with E-state index in [-0.39, 0.29) is 30.5 Å². The highest BCUT2D eigenvalue weighted by Crippen LogP contribution is 2.40. The average molecular weight is 1010 g/mol. The fourth-order valence-corrected chi connectivity index (χ4v) is 10.8. The molecule has 6 atom stereocenters. The molecule has 0 spiro atoms. The molecule has 6 rings (SSSR count). The fourth-order valence-electron chi connectivity index (χ4n) is 10.8. The van der Waals surface area contributed by atoms with E-state index in [0.29, 0.717) is 46.8 Å². The molecular weight excluding hydrogens is 899 g/mol. The summed E-state index contributed by atoms with van der Waals surface area (Å²) in [6, 6.07) is 27.9. The summed E-state index contributed by atoms with van der Waals surface area (Å²) in [7, 11) is 2.18. The molecule has 1 N–H and O–H groups in total. The summed E-state index contributed by atoms with van der Waals surface area (Å²) in [6.45, 7) is 26.2. The molecule has 1 heterocycles. The number of aromatic hydroxyl groups is 1. The third-order valence-corrected chi connectivity index (χ3v) is 15.9. The van der Waals surface area contributed by atoms with Gasteiger partial charge in [-0.05, 0) is 165 Å². The lowest BCUT2D eigenvalue weighted by Gasteiger charge is -2.44. The SMILES string of the molecule is C.CC1CN(C)CCC1(C)c1cccc(O)c1.CC=CC.CCC(CC1CCCCC1)C(C)=O.CCC(Cc1ccccc1)C(C)=O.CCCC(C(C)=O)C1CCCCC1.CCCC(C(C)=O)c1ccccc1. The van der Waals surface area contributed by atoms with Crippen LogP contribution in [0.15, 0.2) is 97.1 Å². The van der Waals surface area contributed by atoms with Crippen molar-refractivity contribution in [2.24, 2.45) is 35.5 Å². The van der Waals surface area contributed by atoms with Crippen LogP contribution in [0.5, 0.6) is 5.75 Å². The number of hydrogen-bond acceptors (Lipinski definition) is 6. The number of allylic oxidation sites excluding steroid dienone is 2. The van der Waals surface area contributed by atoms with Crippen LogP contribution in [0.4, 0.5) is 0 Å². The Morgan fingerprint density at radius 2 is 1.19 bits per heavy atom. The van der Waals surface area contributed by atoms with Crippen LogP contribution in [0.1, 0.15) is 229 Å². The van der Waals surface area contributed by atoms with Gasteiger partial charge in [0.05, 0.1) is 0 Å². The van der Waals surface area contributed by atoms with Crippen molar-refractivity contribution in [2.75, 3.05) is 20.1 Å². The Bertz CT molecular complexity index is 1910. The van der Waals surface area contributed by atoms with E-state index < -0.39 is 0 Å². The number of piperidine rings is 1. The first-order valence-electron chi connectivity index (χ1n) is 28.6.